The highest BCUT2D eigenvalue weighted by Crippen LogP contribution is 2.29. The first kappa shape index (κ1) is 16.8. The van der Waals surface area contributed by atoms with Crippen LogP contribution in [0.4, 0.5) is 0 Å². The molecule has 4 rings (SSSR count). The Labute approximate surface area is 158 Å². The van der Waals surface area contributed by atoms with E-state index < -0.39 is 0 Å². The van der Waals surface area contributed by atoms with Gasteiger partial charge in [-0.1, -0.05) is 0 Å². The molecule has 0 aromatic carbocycles. The average molecular weight is 380 g/mol. The number of rotatable bonds is 4. The number of nitrogens with one attached hydrogen (secondary N) is 1. The summed E-state index contributed by atoms with van der Waals surface area (Å²) >= 11 is 3.08. The van der Waals surface area contributed by atoms with Crippen molar-refractivity contribution in [2.45, 2.75) is 20.4 Å². The van der Waals surface area contributed by atoms with Crippen molar-refractivity contribution >= 4 is 38.8 Å². The number of fused-ring (bicyclic) bond motifs is 1. The Morgan fingerprint density at radius 3 is 2.81 bits per heavy atom. The summed E-state index contributed by atoms with van der Waals surface area (Å²) in [5.41, 5.74) is 3.15. The Morgan fingerprint density at radius 1 is 1.12 bits per heavy atom. The maximum absolute atomic E-state index is 12.5. The standard InChI is InChI=1S/C19H16N4OS2/c1-11-7-12(2)23-19-15(11)8-17(26-19)18(24)20-10-14-3-4-16(25-14)13-5-6-21-22-9-13/h3-9H,10H2,1-2H3,(H,20,24). The van der Waals surface area contributed by atoms with E-state index in [4.69, 9.17) is 0 Å². The number of nitrogens with zero attached hydrogens (tertiary/aromatic N) is 3. The minimum atomic E-state index is -0.0643. The molecule has 0 aliphatic rings. The van der Waals surface area contributed by atoms with E-state index in [1.165, 1.54) is 11.3 Å². The second-order valence-electron chi connectivity index (χ2n) is 5.99. The van der Waals surface area contributed by atoms with Crippen LogP contribution in [0.5, 0.6) is 0 Å². The average Bonchev–Trinajstić information content (AvgIpc) is 3.27. The van der Waals surface area contributed by atoms with Gasteiger partial charge in [0.1, 0.15) is 4.83 Å². The molecule has 4 heterocycles. The number of thiophene rings is 2. The van der Waals surface area contributed by atoms with E-state index in [2.05, 4.69) is 20.5 Å². The molecule has 1 N–H and O–H groups in total. The van der Waals surface area contributed by atoms with E-state index in [0.717, 1.165) is 36.8 Å². The van der Waals surface area contributed by atoms with Gasteiger partial charge in [0.15, 0.2) is 0 Å². The Morgan fingerprint density at radius 2 is 2.00 bits per heavy atom. The summed E-state index contributed by atoms with van der Waals surface area (Å²) in [6.45, 7) is 4.52. The molecule has 0 aliphatic carbocycles. The van der Waals surface area contributed by atoms with Crippen LogP contribution < -0.4 is 5.32 Å². The Bertz CT molecular complexity index is 1090. The largest absolute Gasteiger partial charge is 0.346 e. The first-order valence-electron chi connectivity index (χ1n) is 8.12. The molecule has 4 aromatic rings. The van der Waals surface area contributed by atoms with Crippen LogP contribution in [0.1, 0.15) is 25.8 Å². The molecular weight excluding hydrogens is 364 g/mol. The van der Waals surface area contributed by atoms with Gasteiger partial charge in [-0.05, 0) is 49.7 Å². The number of hydrogen-bond donors (Lipinski definition) is 1. The third-order valence-electron chi connectivity index (χ3n) is 4.02. The third-order valence-corrected chi connectivity index (χ3v) is 6.18. The van der Waals surface area contributed by atoms with Crippen LogP contribution in [0, 0.1) is 13.8 Å². The molecule has 4 aromatic heterocycles. The summed E-state index contributed by atoms with van der Waals surface area (Å²) in [6.07, 6.45) is 3.42. The predicted octanol–water partition coefficient (Wildman–Crippen LogP) is 4.36. The van der Waals surface area contributed by atoms with Crippen molar-refractivity contribution in [3.05, 3.63) is 63.7 Å². The highest BCUT2D eigenvalue weighted by molar-refractivity contribution is 7.20. The summed E-state index contributed by atoms with van der Waals surface area (Å²) in [5.74, 6) is -0.0643. The lowest BCUT2D eigenvalue weighted by molar-refractivity contribution is 0.0955. The van der Waals surface area contributed by atoms with Crippen molar-refractivity contribution in [3.63, 3.8) is 0 Å². The number of aryl methyl sites for hydroxylation is 2. The number of amides is 1. The molecule has 5 nitrogen and oxygen atoms in total. The number of hydrogen-bond acceptors (Lipinski definition) is 6. The molecule has 0 aliphatic heterocycles. The van der Waals surface area contributed by atoms with Crippen molar-refractivity contribution < 1.29 is 4.79 Å². The highest BCUT2D eigenvalue weighted by Gasteiger charge is 2.13. The van der Waals surface area contributed by atoms with E-state index in [-0.39, 0.29) is 5.91 Å². The Balaban J connectivity index is 1.48. The number of carbonyl (C=O) groups excluding carboxylic acids is 1. The molecule has 0 fully saturated rings. The smallest absolute Gasteiger partial charge is 0.261 e. The first-order chi connectivity index (χ1) is 12.6. The second kappa shape index (κ2) is 6.93. The summed E-state index contributed by atoms with van der Waals surface area (Å²) in [5, 5.41) is 11.7. The van der Waals surface area contributed by atoms with Crippen LogP contribution in [-0.4, -0.2) is 21.1 Å². The van der Waals surface area contributed by atoms with Crippen molar-refractivity contribution in [3.8, 4) is 10.4 Å². The summed E-state index contributed by atoms with van der Waals surface area (Å²) < 4.78 is 0. The second-order valence-corrected chi connectivity index (χ2v) is 8.19. The van der Waals surface area contributed by atoms with Crippen molar-refractivity contribution in [1.29, 1.82) is 0 Å². The number of pyridine rings is 1. The van der Waals surface area contributed by atoms with Gasteiger partial charge in [0, 0.05) is 26.4 Å². The van der Waals surface area contributed by atoms with Gasteiger partial charge in [0.25, 0.3) is 5.91 Å². The van der Waals surface area contributed by atoms with Gasteiger partial charge in [-0.25, -0.2) is 4.98 Å². The molecular formula is C19H16N4OS2. The van der Waals surface area contributed by atoms with E-state index in [1.807, 2.05) is 44.2 Å². The van der Waals surface area contributed by atoms with Crippen LogP contribution >= 0.6 is 22.7 Å². The molecule has 0 saturated heterocycles. The van der Waals surface area contributed by atoms with Crippen LogP contribution in [0.2, 0.25) is 0 Å². The zero-order chi connectivity index (χ0) is 18.1. The maximum Gasteiger partial charge on any atom is 0.261 e. The van der Waals surface area contributed by atoms with Gasteiger partial charge in [0.05, 0.1) is 23.8 Å². The quantitative estimate of drug-likeness (QED) is 0.571. The zero-order valence-electron chi connectivity index (χ0n) is 14.3. The minimum absolute atomic E-state index is 0.0643. The zero-order valence-corrected chi connectivity index (χ0v) is 15.9. The minimum Gasteiger partial charge on any atom is -0.346 e. The molecule has 130 valence electrons. The molecule has 0 atom stereocenters. The summed E-state index contributed by atoms with van der Waals surface area (Å²) in [4.78, 5) is 20.9. The van der Waals surface area contributed by atoms with Gasteiger partial charge >= 0.3 is 0 Å². The molecule has 26 heavy (non-hydrogen) atoms. The predicted molar refractivity (Wildman–Crippen MR) is 106 cm³/mol. The first-order valence-corrected chi connectivity index (χ1v) is 9.75. The fraction of sp³-hybridized carbons (Fsp3) is 0.158. The Hall–Kier alpha value is -2.64. The van der Waals surface area contributed by atoms with Crippen molar-refractivity contribution in [2.75, 3.05) is 0 Å². The third kappa shape index (κ3) is 3.36. The molecule has 7 heteroatoms. The van der Waals surface area contributed by atoms with Gasteiger partial charge < -0.3 is 5.32 Å². The lowest BCUT2D eigenvalue weighted by Crippen LogP contribution is -2.21. The van der Waals surface area contributed by atoms with Crippen LogP contribution in [0.15, 0.2) is 42.7 Å². The molecule has 0 unspecified atom stereocenters. The van der Waals surface area contributed by atoms with Crippen molar-refractivity contribution in [2.24, 2.45) is 0 Å². The SMILES string of the molecule is Cc1cc(C)c2cc(C(=O)NCc3ccc(-c4ccnnc4)s3)sc2n1. The van der Waals surface area contributed by atoms with E-state index >= 15 is 0 Å². The topological polar surface area (TPSA) is 67.8 Å². The van der Waals surface area contributed by atoms with Gasteiger partial charge in [-0.3, -0.25) is 4.79 Å². The number of aromatic nitrogens is 3. The summed E-state index contributed by atoms with van der Waals surface area (Å²) in [7, 11) is 0. The van der Waals surface area contributed by atoms with E-state index in [9.17, 15) is 4.79 Å². The molecule has 0 radical (unpaired) electrons. The summed E-state index contributed by atoms with van der Waals surface area (Å²) in [6, 6.07) is 9.96. The lowest BCUT2D eigenvalue weighted by Gasteiger charge is -2.00. The fourth-order valence-corrected chi connectivity index (χ4v) is 4.77. The van der Waals surface area contributed by atoms with Crippen LogP contribution in [-0.2, 0) is 6.54 Å². The molecule has 0 saturated carbocycles. The maximum atomic E-state index is 12.5. The highest BCUT2D eigenvalue weighted by atomic mass is 32.1. The van der Waals surface area contributed by atoms with Crippen LogP contribution in [0.25, 0.3) is 20.7 Å². The molecule has 1 amide bonds. The monoisotopic (exact) mass is 380 g/mol. The van der Waals surface area contributed by atoms with Crippen molar-refractivity contribution in [1.82, 2.24) is 20.5 Å². The van der Waals surface area contributed by atoms with E-state index in [0.29, 0.717) is 11.4 Å². The normalized spacial score (nSPS) is 11.0. The molecule has 0 spiro atoms. The van der Waals surface area contributed by atoms with E-state index in [1.54, 1.807) is 23.7 Å². The number of carbonyl (C=O) groups is 1. The van der Waals surface area contributed by atoms with Crippen LogP contribution in [0.3, 0.4) is 0 Å². The Kier molecular flexibility index (Phi) is 4.48. The van der Waals surface area contributed by atoms with Gasteiger partial charge in [0.2, 0.25) is 0 Å². The molecule has 0 bridgehead atoms. The lowest BCUT2D eigenvalue weighted by atomic mass is 10.2. The van der Waals surface area contributed by atoms with Gasteiger partial charge in [-0.15, -0.1) is 22.7 Å². The van der Waals surface area contributed by atoms with Gasteiger partial charge in [-0.2, -0.15) is 10.2 Å². The fourth-order valence-electron chi connectivity index (χ4n) is 2.76.